The van der Waals surface area contributed by atoms with Crippen LogP contribution in [0.4, 0.5) is 0 Å². The van der Waals surface area contributed by atoms with Crippen LogP contribution in [-0.4, -0.2) is 9.55 Å². The van der Waals surface area contributed by atoms with Gasteiger partial charge in [0.15, 0.2) is 0 Å². The fraction of sp³-hybridized carbons (Fsp3) is 0.182. The van der Waals surface area contributed by atoms with E-state index in [-0.39, 0.29) is 0 Å². The summed E-state index contributed by atoms with van der Waals surface area (Å²) in [5.74, 6) is 0. The summed E-state index contributed by atoms with van der Waals surface area (Å²) in [4.78, 5) is 4.04. The predicted octanol–water partition coefficient (Wildman–Crippen LogP) is 1.64. The van der Waals surface area contributed by atoms with E-state index < -0.39 is 0 Å². The van der Waals surface area contributed by atoms with Crippen LogP contribution in [0.3, 0.4) is 0 Å². The Morgan fingerprint density at radius 2 is 2.29 bits per heavy atom. The van der Waals surface area contributed by atoms with E-state index >= 15 is 0 Å². The number of para-hydroxylation sites is 1. The lowest BCUT2D eigenvalue weighted by Gasteiger charge is -2.11. The SMILES string of the molecule is Cc1cccc(CN)c1-n1ccnc1. The summed E-state index contributed by atoms with van der Waals surface area (Å²) in [6.45, 7) is 2.63. The second kappa shape index (κ2) is 3.64. The summed E-state index contributed by atoms with van der Waals surface area (Å²) < 4.78 is 2.00. The molecule has 72 valence electrons. The maximum Gasteiger partial charge on any atom is 0.0991 e. The second-order valence-electron chi connectivity index (χ2n) is 3.26. The van der Waals surface area contributed by atoms with Gasteiger partial charge in [-0.2, -0.15) is 0 Å². The lowest BCUT2D eigenvalue weighted by atomic mass is 10.1. The van der Waals surface area contributed by atoms with Crippen LogP contribution in [0.25, 0.3) is 5.69 Å². The fourth-order valence-electron chi connectivity index (χ4n) is 1.65. The van der Waals surface area contributed by atoms with Gasteiger partial charge < -0.3 is 10.3 Å². The van der Waals surface area contributed by atoms with Crippen LogP contribution in [0.5, 0.6) is 0 Å². The van der Waals surface area contributed by atoms with Gasteiger partial charge in [0, 0.05) is 18.9 Å². The van der Waals surface area contributed by atoms with Gasteiger partial charge in [-0.05, 0) is 18.1 Å². The van der Waals surface area contributed by atoms with E-state index in [4.69, 9.17) is 5.73 Å². The Hall–Kier alpha value is -1.61. The molecule has 3 heteroatoms. The highest BCUT2D eigenvalue weighted by atomic mass is 15.0. The lowest BCUT2D eigenvalue weighted by Crippen LogP contribution is -2.04. The Kier molecular flexibility index (Phi) is 2.33. The number of nitrogens with two attached hydrogens (primary N) is 1. The molecule has 0 radical (unpaired) electrons. The molecule has 0 aliphatic rings. The van der Waals surface area contributed by atoms with Crippen molar-refractivity contribution in [3.63, 3.8) is 0 Å². The number of hydrogen-bond donors (Lipinski definition) is 1. The molecule has 0 bridgehead atoms. The van der Waals surface area contributed by atoms with Crippen molar-refractivity contribution in [3.05, 3.63) is 48.0 Å². The predicted molar refractivity (Wildman–Crippen MR) is 56.2 cm³/mol. The third-order valence-corrected chi connectivity index (χ3v) is 2.30. The molecule has 0 unspecified atom stereocenters. The van der Waals surface area contributed by atoms with Gasteiger partial charge in [0.05, 0.1) is 12.0 Å². The zero-order valence-corrected chi connectivity index (χ0v) is 8.14. The van der Waals surface area contributed by atoms with Crippen molar-refractivity contribution < 1.29 is 0 Å². The quantitative estimate of drug-likeness (QED) is 0.776. The first-order valence-corrected chi connectivity index (χ1v) is 4.60. The van der Waals surface area contributed by atoms with Gasteiger partial charge in [-0.1, -0.05) is 18.2 Å². The van der Waals surface area contributed by atoms with Crippen molar-refractivity contribution in [1.82, 2.24) is 9.55 Å². The van der Waals surface area contributed by atoms with Crippen LogP contribution < -0.4 is 5.73 Å². The van der Waals surface area contributed by atoms with Crippen molar-refractivity contribution >= 4 is 0 Å². The van der Waals surface area contributed by atoms with Crippen LogP contribution in [0.15, 0.2) is 36.9 Å². The molecule has 0 atom stereocenters. The normalized spacial score (nSPS) is 10.4. The summed E-state index contributed by atoms with van der Waals surface area (Å²) in [5, 5.41) is 0. The molecule has 1 aromatic heterocycles. The van der Waals surface area contributed by atoms with Gasteiger partial charge in [-0.25, -0.2) is 4.98 Å². The Balaban J connectivity index is 2.61. The van der Waals surface area contributed by atoms with E-state index in [1.165, 1.54) is 5.56 Å². The molecule has 1 heterocycles. The third-order valence-electron chi connectivity index (χ3n) is 2.30. The van der Waals surface area contributed by atoms with Crippen LogP contribution in [0.2, 0.25) is 0 Å². The molecule has 14 heavy (non-hydrogen) atoms. The molecule has 0 saturated heterocycles. The molecule has 1 aromatic carbocycles. The zero-order valence-electron chi connectivity index (χ0n) is 8.14. The molecule has 0 aliphatic carbocycles. The Bertz CT molecular complexity index is 418. The first-order valence-electron chi connectivity index (χ1n) is 4.60. The summed E-state index contributed by atoms with van der Waals surface area (Å²) in [6, 6.07) is 6.15. The molecular weight excluding hydrogens is 174 g/mol. The van der Waals surface area contributed by atoms with Gasteiger partial charge in [0.1, 0.15) is 0 Å². The molecule has 3 nitrogen and oxygen atoms in total. The number of aryl methyl sites for hydroxylation is 1. The molecular formula is C11H13N3. The van der Waals surface area contributed by atoms with Crippen LogP contribution >= 0.6 is 0 Å². The number of benzene rings is 1. The standard InChI is InChI=1S/C11H13N3/c1-9-3-2-4-10(7-12)11(9)14-6-5-13-8-14/h2-6,8H,7,12H2,1H3. The molecule has 0 saturated carbocycles. The minimum Gasteiger partial charge on any atom is -0.326 e. The monoisotopic (exact) mass is 187 g/mol. The molecule has 0 fully saturated rings. The highest BCUT2D eigenvalue weighted by molar-refractivity contribution is 5.47. The Labute approximate surface area is 83.2 Å². The van der Waals surface area contributed by atoms with Crippen molar-refractivity contribution in [2.45, 2.75) is 13.5 Å². The van der Waals surface area contributed by atoms with Gasteiger partial charge in [-0.3, -0.25) is 0 Å². The first kappa shape index (κ1) is 8.97. The van der Waals surface area contributed by atoms with Gasteiger partial charge >= 0.3 is 0 Å². The van der Waals surface area contributed by atoms with E-state index in [0.717, 1.165) is 11.3 Å². The first-order chi connectivity index (χ1) is 6.83. The number of imidazole rings is 1. The summed E-state index contributed by atoms with van der Waals surface area (Å²) >= 11 is 0. The van der Waals surface area contributed by atoms with Crippen LogP contribution in [0, 0.1) is 6.92 Å². The minimum absolute atomic E-state index is 0.551. The van der Waals surface area contributed by atoms with Gasteiger partial charge in [-0.15, -0.1) is 0 Å². The van der Waals surface area contributed by atoms with E-state index in [0.29, 0.717) is 6.54 Å². The topological polar surface area (TPSA) is 43.8 Å². The molecule has 2 aromatic rings. The van der Waals surface area contributed by atoms with Crippen LogP contribution in [0.1, 0.15) is 11.1 Å². The van der Waals surface area contributed by atoms with Crippen molar-refractivity contribution in [1.29, 1.82) is 0 Å². The Morgan fingerprint density at radius 3 is 2.93 bits per heavy atom. The number of hydrogen-bond acceptors (Lipinski definition) is 2. The van der Waals surface area contributed by atoms with Crippen molar-refractivity contribution in [3.8, 4) is 5.69 Å². The largest absolute Gasteiger partial charge is 0.326 e. The Morgan fingerprint density at radius 1 is 1.43 bits per heavy atom. The summed E-state index contributed by atoms with van der Waals surface area (Å²) in [7, 11) is 0. The highest BCUT2D eigenvalue weighted by Gasteiger charge is 2.04. The third kappa shape index (κ3) is 1.42. The van der Waals surface area contributed by atoms with Crippen molar-refractivity contribution in [2.24, 2.45) is 5.73 Å². The number of nitrogens with zero attached hydrogens (tertiary/aromatic N) is 2. The van der Waals surface area contributed by atoms with Gasteiger partial charge in [0.2, 0.25) is 0 Å². The minimum atomic E-state index is 0.551. The van der Waals surface area contributed by atoms with E-state index in [9.17, 15) is 0 Å². The highest BCUT2D eigenvalue weighted by Crippen LogP contribution is 2.18. The van der Waals surface area contributed by atoms with E-state index in [1.807, 2.05) is 22.9 Å². The van der Waals surface area contributed by atoms with Crippen LogP contribution in [-0.2, 0) is 6.54 Å². The average molecular weight is 187 g/mol. The molecule has 2 rings (SSSR count). The second-order valence-corrected chi connectivity index (χ2v) is 3.26. The maximum absolute atomic E-state index is 5.69. The number of aromatic nitrogens is 2. The zero-order chi connectivity index (χ0) is 9.97. The molecule has 0 amide bonds. The maximum atomic E-state index is 5.69. The summed E-state index contributed by atoms with van der Waals surface area (Å²) in [5.41, 5.74) is 9.19. The summed E-state index contributed by atoms with van der Waals surface area (Å²) in [6.07, 6.45) is 5.50. The van der Waals surface area contributed by atoms with Gasteiger partial charge in [0.25, 0.3) is 0 Å². The molecule has 2 N–H and O–H groups in total. The van der Waals surface area contributed by atoms with E-state index in [1.54, 1.807) is 12.5 Å². The van der Waals surface area contributed by atoms with E-state index in [2.05, 4.69) is 18.0 Å². The smallest absolute Gasteiger partial charge is 0.0991 e. The lowest BCUT2D eigenvalue weighted by molar-refractivity contribution is 0.970. The molecule has 0 spiro atoms. The fourth-order valence-corrected chi connectivity index (χ4v) is 1.65. The van der Waals surface area contributed by atoms with Crippen molar-refractivity contribution in [2.75, 3.05) is 0 Å². The number of rotatable bonds is 2. The average Bonchev–Trinajstić information content (AvgIpc) is 2.70. The molecule has 0 aliphatic heterocycles.